The monoisotopic (exact) mass is 253 g/mol. The molecule has 0 aromatic carbocycles. The first-order chi connectivity index (χ1) is 8.61. The van der Waals surface area contributed by atoms with Crippen LogP contribution in [0.4, 0.5) is 11.9 Å². The van der Waals surface area contributed by atoms with Gasteiger partial charge >= 0.3 is 6.01 Å². The van der Waals surface area contributed by atoms with Gasteiger partial charge in [-0.15, -0.1) is 0 Å². The summed E-state index contributed by atoms with van der Waals surface area (Å²) in [6.45, 7) is 7.68. The summed E-state index contributed by atoms with van der Waals surface area (Å²) in [5.41, 5.74) is 5.58. The molecule has 0 aliphatic carbocycles. The number of nitrogen functional groups attached to an aromatic ring is 1. The highest BCUT2D eigenvalue weighted by Gasteiger charge is 2.04. The standard InChI is InChI=1S/C12H23N5O/c1-4-18-12-16-10(13)15-11(17-12)14-8-6-5-7-9(2)3/h9H,4-8H2,1-3H3,(H3,13,14,15,16,17). The second-order valence-corrected chi connectivity index (χ2v) is 4.55. The number of nitrogens with two attached hydrogens (primary N) is 1. The highest BCUT2D eigenvalue weighted by molar-refractivity contribution is 5.32. The smallest absolute Gasteiger partial charge is 0.323 e. The first kappa shape index (κ1) is 14.5. The Bertz CT molecular complexity index is 356. The summed E-state index contributed by atoms with van der Waals surface area (Å²) in [5.74, 6) is 1.41. The summed E-state index contributed by atoms with van der Waals surface area (Å²) in [4.78, 5) is 12.0. The van der Waals surface area contributed by atoms with Crippen LogP contribution in [0.3, 0.4) is 0 Å². The third-order valence-electron chi connectivity index (χ3n) is 2.40. The van der Waals surface area contributed by atoms with E-state index < -0.39 is 0 Å². The van der Waals surface area contributed by atoms with E-state index in [9.17, 15) is 0 Å². The first-order valence-corrected chi connectivity index (χ1v) is 6.50. The van der Waals surface area contributed by atoms with Crippen molar-refractivity contribution in [1.82, 2.24) is 15.0 Å². The number of anilines is 2. The van der Waals surface area contributed by atoms with Crippen molar-refractivity contribution in [2.75, 3.05) is 24.2 Å². The number of hydrogen-bond donors (Lipinski definition) is 2. The molecule has 0 saturated carbocycles. The van der Waals surface area contributed by atoms with E-state index in [1.807, 2.05) is 6.92 Å². The molecule has 3 N–H and O–H groups in total. The molecule has 0 aliphatic rings. The zero-order valence-corrected chi connectivity index (χ0v) is 11.4. The van der Waals surface area contributed by atoms with Crippen LogP contribution >= 0.6 is 0 Å². The minimum Gasteiger partial charge on any atom is -0.464 e. The fraction of sp³-hybridized carbons (Fsp3) is 0.750. The molecule has 0 radical (unpaired) electrons. The van der Waals surface area contributed by atoms with Crippen molar-refractivity contribution < 1.29 is 4.74 Å². The van der Waals surface area contributed by atoms with Crippen molar-refractivity contribution in [1.29, 1.82) is 0 Å². The Labute approximate surface area is 108 Å². The number of rotatable bonds is 8. The van der Waals surface area contributed by atoms with Crippen molar-refractivity contribution >= 4 is 11.9 Å². The Kier molecular flexibility index (Phi) is 6.18. The average Bonchev–Trinajstić information content (AvgIpc) is 2.28. The van der Waals surface area contributed by atoms with Gasteiger partial charge in [-0.1, -0.05) is 26.7 Å². The minimum atomic E-state index is 0.179. The van der Waals surface area contributed by atoms with E-state index >= 15 is 0 Å². The average molecular weight is 253 g/mol. The Morgan fingerprint density at radius 1 is 1.22 bits per heavy atom. The topological polar surface area (TPSA) is 86.0 Å². The van der Waals surface area contributed by atoms with E-state index in [-0.39, 0.29) is 12.0 Å². The molecule has 1 aromatic heterocycles. The van der Waals surface area contributed by atoms with Crippen LogP contribution in [0.15, 0.2) is 0 Å². The lowest BCUT2D eigenvalue weighted by Crippen LogP contribution is -2.10. The minimum absolute atomic E-state index is 0.179. The summed E-state index contributed by atoms with van der Waals surface area (Å²) in [5, 5.41) is 3.14. The zero-order chi connectivity index (χ0) is 13.4. The second kappa shape index (κ2) is 7.68. The fourth-order valence-electron chi connectivity index (χ4n) is 1.52. The van der Waals surface area contributed by atoms with E-state index in [4.69, 9.17) is 10.5 Å². The molecule has 6 nitrogen and oxygen atoms in total. The van der Waals surface area contributed by atoms with Crippen molar-refractivity contribution in [3.8, 4) is 6.01 Å². The van der Waals surface area contributed by atoms with Crippen LogP contribution in [-0.2, 0) is 0 Å². The van der Waals surface area contributed by atoms with Crippen molar-refractivity contribution in [2.24, 2.45) is 5.92 Å². The number of nitrogens with one attached hydrogen (secondary N) is 1. The zero-order valence-electron chi connectivity index (χ0n) is 11.4. The molecule has 1 heterocycles. The molecule has 0 spiro atoms. The van der Waals surface area contributed by atoms with Gasteiger partial charge in [0.15, 0.2) is 0 Å². The molecule has 0 amide bonds. The van der Waals surface area contributed by atoms with E-state index in [1.165, 1.54) is 12.8 Å². The van der Waals surface area contributed by atoms with Gasteiger partial charge in [-0.2, -0.15) is 15.0 Å². The molecule has 1 aromatic rings. The van der Waals surface area contributed by atoms with Gasteiger partial charge in [-0.3, -0.25) is 0 Å². The Morgan fingerprint density at radius 3 is 2.67 bits per heavy atom. The molecule has 0 unspecified atom stereocenters. The van der Waals surface area contributed by atoms with E-state index in [2.05, 4.69) is 34.1 Å². The molecular formula is C12H23N5O. The Balaban J connectivity index is 2.37. The van der Waals surface area contributed by atoms with Crippen LogP contribution in [0.5, 0.6) is 6.01 Å². The summed E-state index contributed by atoms with van der Waals surface area (Å²) < 4.78 is 5.20. The summed E-state index contributed by atoms with van der Waals surface area (Å²) >= 11 is 0. The van der Waals surface area contributed by atoms with Crippen LogP contribution in [0.25, 0.3) is 0 Å². The van der Waals surface area contributed by atoms with Gasteiger partial charge in [0, 0.05) is 6.54 Å². The molecule has 0 bridgehead atoms. The van der Waals surface area contributed by atoms with E-state index in [0.29, 0.717) is 12.6 Å². The lowest BCUT2D eigenvalue weighted by molar-refractivity contribution is 0.312. The predicted molar refractivity (Wildman–Crippen MR) is 72.6 cm³/mol. The Hall–Kier alpha value is -1.59. The van der Waals surface area contributed by atoms with Crippen molar-refractivity contribution in [3.63, 3.8) is 0 Å². The van der Waals surface area contributed by atoms with E-state index in [0.717, 1.165) is 18.9 Å². The van der Waals surface area contributed by atoms with Gasteiger partial charge in [-0.25, -0.2) is 0 Å². The van der Waals surface area contributed by atoms with Gasteiger partial charge in [0.25, 0.3) is 0 Å². The van der Waals surface area contributed by atoms with Gasteiger partial charge in [-0.05, 0) is 19.3 Å². The lowest BCUT2D eigenvalue weighted by Gasteiger charge is -2.08. The van der Waals surface area contributed by atoms with Gasteiger partial charge < -0.3 is 15.8 Å². The maximum absolute atomic E-state index is 5.58. The number of aromatic nitrogens is 3. The highest BCUT2D eigenvalue weighted by Crippen LogP contribution is 2.10. The third kappa shape index (κ3) is 5.65. The number of unbranched alkanes of at least 4 members (excludes halogenated alkanes) is 1. The number of nitrogens with zero attached hydrogens (tertiary/aromatic N) is 3. The molecule has 0 aliphatic heterocycles. The van der Waals surface area contributed by atoms with Crippen LogP contribution in [0, 0.1) is 5.92 Å². The third-order valence-corrected chi connectivity index (χ3v) is 2.40. The first-order valence-electron chi connectivity index (χ1n) is 6.50. The SMILES string of the molecule is CCOc1nc(N)nc(NCCCCC(C)C)n1. The summed E-state index contributed by atoms with van der Waals surface area (Å²) in [7, 11) is 0. The van der Waals surface area contributed by atoms with Gasteiger partial charge in [0.1, 0.15) is 0 Å². The maximum atomic E-state index is 5.58. The van der Waals surface area contributed by atoms with Gasteiger partial charge in [0.2, 0.25) is 11.9 Å². The summed E-state index contributed by atoms with van der Waals surface area (Å²) in [6, 6.07) is 0.273. The molecule has 0 saturated heterocycles. The number of hydrogen-bond acceptors (Lipinski definition) is 6. The van der Waals surface area contributed by atoms with Crippen LogP contribution in [0.2, 0.25) is 0 Å². The highest BCUT2D eigenvalue weighted by atomic mass is 16.5. The summed E-state index contributed by atoms with van der Waals surface area (Å²) in [6.07, 6.45) is 3.53. The molecule has 0 atom stereocenters. The lowest BCUT2D eigenvalue weighted by atomic mass is 10.1. The quantitative estimate of drug-likeness (QED) is 0.690. The fourth-order valence-corrected chi connectivity index (χ4v) is 1.52. The van der Waals surface area contributed by atoms with Crippen LogP contribution in [-0.4, -0.2) is 28.1 Å². The predicted octanol–water partition coefficient (Wildman–Crippen LogP) is 2.09. The molecule has 18 heavy (non-hydrogen) atoms. The molecule has 0 fully saturated rings. The molecular weight excluding hydrogens is 230 g/mol. The largest absolute Gasteiger partial charge is 0.464 e. The van der Waals surface area contributed by atoms with Crippen molar-refractivity contribution in [3.05, 3.63) is 0 Å². The van der Waals surface area contributed by atoms with Crippen LogP contribution < -0.4 is 15.8 Å². The molecule has 102 valence electrons. The molecule has 6 heteroatoms. The molecule has 1 rings (SSSR count). The number of ether oxygens (including phenoxy) is 1. The van der Waals surface area contributed by atoms with Crippen molar-refractivity contribution in [2.45, 2.75) is 40.0 Å². The Morgan fingerprint density at radius 2 is 2.00 bits per heavy atom. The normalized spacial score (nSPS) is 10.7. The van der Waals surface area contributed by atoms with Gasteiger partial charge in [0.05, 0.1) is 6.61 Å². The maximum Gasteiger partial charge on any atom is 0.323 e. The second-order valence-electron chi connectivity index (χ2n) is 4.55. The van der Waals surface area contributed by atoms with Crippen LogP contribution in [0.1, 0.15) is 40.0 Å². The van der Waals surface area contributed by atoms with E-state index in [1.54, 1.807) is 0 Å².